The fourth-order valence-electron chi connectivity index (χ4n) is 1.80. The van der Waals surface area contributed by atoms with Gasteiger partial charge in [0.25, 0.3) is 0 Å². The van der Waals surface area contributed by atoms with Crippen LogP contribution in [0.4, 0.5) is 0 Å². The van der Waals surface area contributed by atoms with Gasteiger partial charge in [0.15, 0.2) is 5.96 Å². The van der Waals surface area contributed by atoms with Gasteiger partial charge in [0.05, 0.1) is 13.2 Å². The molecular formula is C11H22N4O. The van der Waals surface area contributed by atoms with Crippen molar-refractivity contribution in [1.82, 2.24) is 10.2 Å². The maximum absolute atomic E-state index is 5.74. The third-order valence-corrected chi connectivity index (χ3v) is 2.95. The Morgan fingerprint density at radius 1 is 1.38 bits per heavy atom. The summed E-state index contributed by atoms with van der Waals surface area (Å²) in [5.74, 6) is 0.615. The zero-order valence-electron chi connectivity index (χ0n) is 9.82. The van der Waals surface area contributed by atoms with E-state index in [1.54, 1.807) is 0 Å². The smallest absolute Gasteiger partial charge is 0.188 e. The first-order chi connectivity index (χ1) is 7.84. The molecule has 0 aromatic carbocycles. The summed E-state index contributed by atoms with van der Waals surface area (Å²) in [5.41, 5.74) is 5.74. The van der Waals surface area contributed by atoms with Crippen molar-refractivity contribution >= 4 is 5.96 Å². The summed E-state index contributed by atoms with van der Waals surface area (Å²) in [6.45, 7) is 5.77. The van der Waals surface area contributed by atoms with Crippen molar-refractivity contribution in [3.8, 4) is 0 Å². The molecule has 0 spiro atoms. The van der Waals surface area contributed by atoms with Crippen molar-refractivity contribution in [3.63, 3.8) is 0 Å². The molecule has 1 aliphatic carbocycles. The maximum Gasteiger partial charge on any atom is 0.188 e. The van der Waals surface area contributed by atoms with Gasteiger partial charge in [-0.25, -0.2) is 0 Å². The van der Waals surface area contributed by atoms with Gasteiger partial charge in [-0.2, -0.15) is 0 Å². The topological polar surface area (TPSA) is 62.9 Å². The first-order valence-corrected chi connectivity index (χ1v) is 6.21. The Hall–Kier alpha value is -0.810. The van der Waals surface area contributed by atoms with Crippen LogP contribution in [-0.4, -0.2) is 56.3 Å². The highest BCUT2D eigenvalue weighted by Crippen LogP contribution is 2.17. The van der Waals surface area contributed by atoms with Crippen molar-refractivity contribution in [1.29, 1.82) is 0 Å². The highest BCUT2D eigenvalue weighted by Gasteiger charge is 2.21. The monoisotopic (exact) mass is 226 g/mol. The second-order valence-electron chi connectivity index (χ2n) is 4.49. The van der Waals surface area contributed by atoms with E-state index in [-0.39, 0.29) is 0 Å². The van der Waals surface area contributed by atoms with Crippen molar-refractivity contribution < 1.29 is 4.74 Å². The SMILES string of the molecule is NC(=NCCCN1CCOCC1)NC1CC1. The first-order valence-electron chi connectivity index (χ1n) is 6.21. The van der Waals surface area contributed by atoms with Crippen LogP contribution in [0.1, 0.15) is 19.3 Å². The second kappa shape index (κ2) is 6.06. The quantitative estimate of drug-likeness (QED) is 0.386. The molecule has 2 rings (SSSR count). The summed E-state index contributed by atoms with van der Waals surface area (Å²) in [5, 5.41) is 3.19. The second-order valence-corrected chi connectivity index (χ2v) is 4.49. The number of aliphatic imine (C=N–C) groups is 1. The van der Waals surface area contributed by atoms with E-state index in [1.165, 1.54) is 12.8 Å². The molecule has 1 saturated heterocycles. The Morgan fingerprint density at radius 3 is 2.81 bits per heavy atom. The van der Waals surface area contributed by atoms with Gasteiger partial charge < -0.3 is 15.8 Å². The number of ether oxygens (including phenoxy) is 1. The van der Waals surface area contributed by atoms with Gasteiger partial charge in [0.2, 0.25) is 0 Å². The Balaban J connectivity index is 1.52. The molecule has 1 heterocycles. The third kappa shape index (κ3) is 4.37. The van der Waals surface area contributed by atoms with Crippen LogP contribution in [0.3, 0.4) is 0 Å². The molecule has 5 heteroatoms. The lowest BCUT2D eigenvalue weighted by atomic mass is 10.3. The van der Waals surface area contributed by atoms with Crippen LogP contribution in [-0.2, 0) is 4.74 Å². The number of nitrogens with one attached hydrogen (secondary N) is 1. The van der Waals surface area contributed by atoms with Crippen LogP contribution in [0.5, 0.6) is 0 Å². The predicted octanol–water partition coefficient (Wildman–Crippen LogP) is -0.225. The van der Waals surface area contributed by atoms with Crippen molar-refractivity contribution in [2.75, 3.05) is 39.4 Å². The lowest BCUT2D eigenvalue weighted by Crippen LogP contribution is -2.37. The normalized spacial score (nSPS) is 23.4. The molecule has 1 saturated carbocycles. The van der Waals surface area contributed by atoms with Gasteiger partial charge in [0, 0.05) is 32.2 Å². The Labute approximate surface area is 97.0 Å². The summed E-state index contributed by atoms with van der Waals surface area (Å²) in [4.78, 5) is 6.73. The summed E-state index contributed by atoms with van der Waals surface area (Å²) < 4.78 is 5.30. The summed E-state index contributed by atoms with van der Waals surface area (Å²) in [7, 11) is 0. The van der Waals surface area contributed by atoms with Gasteiger partial charge in [-0.05, 0) is 19.3 Å². The largest absolute Gasteiger partial charge is 0.379 e. The van der Waals surface area contributed by atoms with Gasteiger partial charge in [-0.3, -0.25) is 9.89 Å². The molecule has 0 aromatic rings. The molecule has 0 bridgehead atoms. The molecule has 0 atom stereocenters. The van der Waals surface area contributed by atoms with Crippen LogP contribution in [0.25, 0.3) is 0 Å². The van der Waals surface area contributed by atoms with Gasteiger partial charge in [-0.1, -0.05) is 0 Å². The number of nitrogens with zero attached hydrogens (tertiary/aromatic N) is 2. The zero-order valence-corrected chi connectivity index (χ0v) is 9.82. The minimum Gasteiger partial charge on any atom is -0.379 e. The highest BCUT2D eigenvalue weighted by atomic mass is 16.5. The van der Waals surface area contributed by atoms with Gasteiger partial charge in [0.1, 0.15) is 0 Å². The van der Waals surface area contributed by atoms with Crippen LogP contribution < -0.4 is 11.1 Å². The lowest BCUT2D eigenvalue weighted by Gasteiger charge is -2.26. The average Bonchev–Trinajstić information content (AvgIpc) is 3.10. The van der Waals surface area contributed by atoms with E-state index in [0.717, 1.165) is 45.8 Å². The van der Waals surface area contributed by atoms with Crippen LogP contribution in [0.2, 0.25) is 0 Å². The molecule has 2 aliphatic rings. The summed E-state index contributed by atoms with van der Waals surface area (Å²) in [6.07, 6.45) is 3.56. The number of hydrogen-bond donors (Lipinski definition) is 2. The first kappa shape index (κ1) is 11.7. The molecule has 3 N–H and O–H groups in total. The van der Waals surface area contributed by atoms with Crippen LogP contribution >= 0.6 is 0 Å². The standard InChI is InChI=1S/C11H22N4O/c12-11(14-10-2-3-10)13-4-1-5-15-6-8-16-9-7-15/h10H,1-9H2,(H3,12,13,14). The molecule has 2 fully saturated rings. The average molecular weight is 226 g/mol. The number of rotatable bonds is 5. The van der Waals surface area contributed by atoms with E-state index in [1.807, 2.05) is 0 Å². The van der Waals surface area contributed by atoms with Crippen LogP contribution in [0.15, 0.2) is 4.99 Å². The van der Waals surface area contributed by atoms with E-state index in [4.69, 9.17) is 10.5 Å². The van der Waals surface area contributed by atoms with E-state index >= 15 is 0 Å². The Kier molecular flexibility index (Phi) is 4.42. The Bertz CT molecular complexity index is 234. The van der Waals surface area contributed by atoms with Gasteiger partial charge >= 0.3 is 0 Å². The van der Waals surface area contributed by atoms with Crippen LogP contribution in [0, 0.1) is 0 Å². The zero-order chi connectivity index (χ0) is 11.2. The molecule has 0 aromatic heterocycles. The molecule has 92 valence electrons. The highest BCUT2D eigenvalue weighted by molar-refractivity contribution is 5.78. The lowest BCUT2D eigenvalue weighted by molar-refractivity contribution is 0.0377. The van der Waals surface area contributed by atoms with E-state index in [9.17, 15) is 0 Å². The third-order valence-electron chi connectivity index (χ3n) is 2.95. The number of guanidine groups is 1. The molecule has 16 heavy (non-hydrogen) atoms. The van der Waals surface area contributed by atoms with Gasteiger partial charge in [-0.15, -0.1) is 0 Å². The van der Waals surface area contributed by atoms with Crippen molar-refractivity contribution in [3.05, 3.63) is 0 Å². The molecule has 5 nitrogen and oxygen atoms in total. The molecule has 1 aliphatic heterocycles. The minimum absolute atomic E-state index is 0.600. The molecule has 0 unspecified atom stereocenters. The maximum atomic E-state index is 5.74. The van der Waals surface area contributed by atoms with E-state index < -0.39 is 0 Å². The molecule has 0 radical (unpaired) electrons. The Morgan fingerprint density at radius 2 is 2.12 bits per heavy atom. The minimum atomic E-state index is 0.600. The predicted molar refractivity (Wildman–Crippen MR) is 64.5 cm³/mol. The number of morpholine rings is 1. The van der Waals surface area contributed by atoms with Crippen molar-refractivity contribution in [2.45, 2.75) is 25.3 Å². The molecular weight excluding hydrogens is 204 g/mol. The number of nitrogens with two attached hydrogens (primary N) is 1. The van der Waals surface area contributed by atoms with E-state index in [0.29, 0.717) is 12.0 Å². The molecule has 0 amide bonds. The summed E-state index contributed by atoms with van der Waals surface area (Å²) in [6, 6.07) is 0.600. The summed E-state index contributed by atoms with van der Waals surface area (Å²) >= 11 is 0. The van der Waals surface area contributed by atoms with E-state index in [2.05, 4.69) is 15.2 Å². The fourth-order valence-corrected chi connectivity index (χ4v) is 1.80. The fraction of sp³-hybridized carbons (Fsp3) is 0.909. The van der Waals surface area contributed by atoms with Crippen molar-refractivity contribution in [2.24, 2.45) is 10.7 Å². The number of hydrogen-bond acceptors (Lipinski definition) is 3.